The minimum absolute atomic E-state index is 0.100. The number of aromatic nitrogens is 2. The van der Waals surface area contributed by atoms with E-state index in [1.807, 2.05) is 38.1 Å². The molecule has 4 aromatic rings. The Hall–Kier alpha value is -3.12. The maximum Gasteiger partial charge on any atom is 0.233 e. The third kappa shape index (κ3) is 4.17. The first-order valence-electron chi connectivity index (χ1n) is 9.33. The molecule has 0 saturated heterocycles. The predicted octanol–water partition coefficient (Wildman–Crippen LogP) is 5.22. The van der Waals surface area contributed by atoms with Crippen molar-refractivity contribution < 1.29 is 9.18 Å². The minimum Gasteiger partial charge on any atom is -0.282 e. The third-order valence-corrected chi connectivity index (χ3v) is 5.99. The molecule has 2 heterocycles. The van der Waals surface area contributed by atoms with Crippen LogP contribution in [0.25, 0.3) is 10.2 Å². The number of nitrogens with zero attached hydrogens (tertiary/aromatic N) is 3. The molecule has 4 nitrogen and oxygen atoms in total. The summed E-state index contributed by atoms with van der Waals surface area (Å²) in [6.07, 6.45) is 1.88. The number of aryl methyl sites for hydroxylation is 2. The highest BCUT2D eigenvalue weighted by Crippen LogP contribution is 2.34. The Morgan fingerprint density at radius 1 is 1.03 bits per heavy atom. The van der Waals surface area contributed by atoms with E-state index in [2.05, 4.69) is 11.1 Å². The monoisotopic (exact) mass is 405 g/mol. The van der Waals surface area contributed by atoms with E-state index in [1.54, 1.807) is 23.2 Å². The molecule has 0 aliphatic carbocycles. The summed E-state index contributed by atoms with van der Waals surface area (Å²) >= 11 is 1.51. The number of benzene rings is 2. The molecule has 2 aromatic heterocycles. The van der Waals surface area contributed by atoms with E-state index >= 15 is 0 Å². The summed E-state index contributed by atoms with van der Waals surface area (Å²) in [5, 5.41) is 0.648. The molecule has 0 aliphatic rings. The minimum atomic E-state index is -0.316. The first kappa shape index (κ1) is 19.2. The van der Waals surface area contributed by atoms with E-state index in [4.69, 9.17) is 4.98 Å². The third-order valence-electron chi connectivity index (χ3n) is 4.78. The van der Waals surface area contributed by atoms with Gasteiger partial charge in [-0.1, -0.05) is 41.7 Å². The van der Waals surface area contributed by atoms with Crippen molar-refractivity contribution in [3.8, 4) is 0 Å². The Morgan fingerprint density at radius 3 is 2.48 bits per heavy atom. The van der Waals surface area contributed by atoms with Crippen LogP contribution in [-0.2, 0) is 17.8 Å². The van der Waals surface area contributed by atoms with E-state index in [0.29, 0.717) is 11.7 Å². The van der Waals surface area contributed by atoms with Crippen LogP contribution < -0.4 is 4.90 Å². The highest BCUT2D eigenvalue weighted by atomic mass is 32.1. The average Bonchev–Trinajstić information content (AvgIpc) is 3.18. The van der Waals surface area contributed by atoms with Gasteiger partial charge in [-0.15, -0.1) is 0 Å². The van der Waals surface area contributed by atoms with Crippen LogP contribution in [0.3, 0.4) is 0 Å². The van der Waals surface area contributed by atoms with Crippen LogP contribution in [0.15, 0.2) is 60.8 Å². The van der Waals surface area contributed by atoms with Gasteiger partial charge < -0.3 is 0 Å². The summed E-state index contributed by atoms with van der Waals surface area (Å²) in [7, 11) is 0. The molecule has 0 spiro atoms. The Kier molecular flexibility index (Phi) is 5.36. The van der Waals surface area contributed by atoms with E-state index in [0.717, 1.165) is 32.6 Å². The molecule has 0 radical (unpaired) electrons. The molecule has 0 aliphatic heterocycles. The molecule has 29 heavy (non-hydrogen) atoms. The number of hydrogen-bond acceptors (Lipinski definition) is 4. The quantitative estimate of drug-likeness (QED) is 0.457. The number of pyridine rings is 1. The normalized spacial score (nSPS) is 11.0. The number of carbonyl (C=O) groups is 1. The zero-order chi connectivity index (χ0) is 20.4. The molecule has 0 saturated carbocycles. The van der Waals surface area contributed by atoms with Gasteiger partial charge in [-0.2, -0.15) is 0 Å². The van der Waals surface area contributed by atoms with Gasteiger partial charge in [0.15, 0.2) is 5.13 Å². The molecule has 0 atom stereocenters. The second-order valence-corrected chi connectivity index (χ2v) is 7.96. The number of thiazole rings is 1. The summed E-state index contributed by atoms with van der Waals surface area (Å²) in [6, 6.07) is 15.8. The molecule has 0 fully saturated rings. The highest BCUT2D eigenvalue weighted by Gasteiger charge is 2.22. The molecule has 0 N–H and O–H groups in total. The van der Waals surface area contributed by atoms with E-state index in [-0.39, 0.29) is 18.1 Å². The van der Waals surface area contributed by atoms with Crippen LogP contribution >= 0.6 is 11.3 Å². The second kappa shape index (κ2) is 8.09. The topological polar surface area (TPSA) is 46.1 Å². The van der Waals surface area contributed by atoms with Crippen molar-refractivity contribution in [3.63, 3.8) is 0 Å². The lowest BCUT2D eigenvalue weighted by molar-refractivity contribution is -0.118. The number of halogens is 1. The molecular formula is C23H20FN3OS. The number of fused-ring (bicyclic) bond motifs is 1. The smallest absolute Gasteiger partial charge is 0.233 e. The largest absolute Gasteiger partial charge is 0.282 e. The van der Waals surface area contributed by atoms with E-state index in [1.165, 1.54) is 23.5 Å². The highest BCUT2D eigenvalue weighted by molar-refractivity contribution is 7.22. The van der Waals surface area contributed by atoms with Crippen molar-refractivity contribution in [2.24, 2.45) is 0 Å². The molecule has 6 heteroatoms. The van der Waals surface area contributed by atoms with Gasteiger partial charge in [-0.3, -0.25) is 14.7 Å². The molecule has 146 valence electrons. The Balaban J connectivity index is 1.72. The summed E-state index contributed by atoms with van der Waals surface area (Å²) in [4.78, 5) is 24.0. The number of carbonyl (C=O) groups excluding carboxylic acids is 1. The molecule has 1 amide bonds. The van der Waals surface area contributed by atoms with E-state index in [9.17, 15) is 9.18 Å². The molecule has 0 unspecified atom stereocenters. The van der Waals surface area contributed by atoms with Gasteiger partial charge in [0.1, 0.15) is 5.82 Å². The lowest BCUT2D eigenvalue weighted by Gasteiger charge is -2.19. The van der Waals surface area contributed by atoms with Crippen LogP contribution in [0.2, 0.25) is 0 Å². The fraction of sp³-hybridized carbons (Fsp3) is 0.174. The molecular weight excluding hydrogens is 385 g/mol. The zero-order valence-electron chi connectivity index (χ0n) is 16.2. The van der Waals surface area contributed by atoms with Crippen molar-refractivity contribution in [2.45, 2.75) is 26.8 Å². The first-order chi connectivity index (χ1) is 14.0. The van der Waals surface area contributed by atoms with Crippen molar-refractivity contribution in [3.05, 3.63) is 89.0 Å². The van der Waals surface area contributed by atoms with Crippen molar-refractivity contribution >= 4 is 32.6 Å². The van der Waals surface area contributed by atoms with Gasteiger partial charge in [0.2, 0.25) is 5.91 Å². The van der Waals surface area contributed by atoms with Gasteiger partial charge in [0.25, 0.3) is 0 Å². The molecule has 4 rings (SSSR count). The zero-order valence-corrected chi connectivity index (χ0v) is 17.0. The fourth-order valence-corrected chi connectivity index (χ4v) is 4.28. The standard InChI is InChI=1S/C23H20FN3OS/c1-15-6-7-16(2)22-21(15)26-23(29-22)27(14-19-5-3-4-12-25-19)20(28)13-17-8-10-18(24)11-9-17/h3-12H,13-14H2,1-2H3. The Morgan fingerprint density at radius 2 is 1.79 bits per heavy atom. The number of anilines is 1. The maximum atomic E-state index is 13.2. The molecule has 0 bridgehead atoms. The van der Waals surface area contributed by atoms with E-state index < -0.39 is 0 Å². The maximum absolute atomic E-state index is 13.2. The van der Waals surface area contributed by atoms with Crippen LogP contribution in [0, 0.1) is 19.7 Å². The summed E-state index contributed by atoms with van der Waals surface area (Å²) in [5.41, 5.74) is 4.68. The summed E-state index contributed by atoms with van der Waals surface area (Å²) in [6.45, 7) is 4.40. The van der Waals surface area contributed by atoms with Gasteiger partial charge in [0.05, 0.1) is 28.9 Å². The fourth-order valence-electron chi connectivity index (χ4n) is 3.15. The number of amides is 1. The molecule has 2 aromatic carbocycles. The SMILES string of the molecule is Cc1ccc(C)c2sc(N(Cc3ccccn3)C(=O)Cc3ccc(F)cc3)nc12. The van der Waals surface area contributed by atoms with Gasteiger partial charge in [-0.25, -0.2) is 9.37 Å². The lowest BCUT2D eigenvalue weighted by atomic mass is 10.1. The van der Waals surface area contributed by atoms with Gasteiger partial charge in [0, 0.05) is 6.20 Å². The first-order valence-corrected chi connectivity index (χ1v) is 10.1. The van der Waals surface area contributed by atoms with Crippen molar-refractivity contribution in [1.29, 1.82) is 0 Å². The summed E-state index contributed by atoms with van der Waals surface area (Å²) < 4.78 is 14.3. The summed E-state index contributed by atoms with van der Waals surface area (Å²) in [5.74, 6) is -0.416. The second-order valence-electron chi connectivity index (χ2n) is 6.98. The van der Waals surface area contributed by atoms with Gasteiger partial charge in [-0.05, 0) is 54.8 Å². The Labute approximate surface area is 172 Å². The van der Waals surface area contributed by atoms with Crippen molar-refractivity contribution in [2.75, 3.05) is 4.90 Å². The number of hydrogen-bond donors (Lipinski definition) is 0. The van der Waals surface area contributed by atoms with Crippen molar-refractivity contribution in [1.82, 2.24) is 9.97 Å². The Bertz CT molecular complexity index is 1120. The van der Waals surface area contributed by atoms with Crippen LogP contribution in [-0.4, -0.2) is 15.9 Å². The number of rotatable bonds is 5. The predicted molar refractivity (Wildman–Crippen MR) is 115 cm³/mol. The van der Waals surface area contributed by atoms with Gasteiger partial charge >= 0.3 is 0 Å². The average molecular weight is 405 g/mol. The lowest BCUT2D eigenvalue weighted by Crippen LogP contribution is -2.32. The van der Waals surface area contributed by atoms with Crippen LogP contribution in [0.5, 0.6) is 0 Å². The van der Waals surface area contributed by atoms with Crippen LogP contribution in [0.4, 0.5) is 9.52 Å². The van der Waals surface area contributed by atoms with Crippen LogP contribution in [0.1, 0.15) is 22.4 Å².